The molecule has 3 aromatic rings. The smallest absolute Gasteiger partial charge is 0.305 e. The number of hydrogen-bond donors (Lipinski definition) is 2. The second-order valence-corrected chi connectivity index (χ2v) is 7.02. The van der Waals surface area contributed by atoms with Crippen molar-refractivity contribution in [1.29, 1.82) is 0 Å². The Kier molecular flexibility index (Phi) is 5.30. The van der Waals surface area contributed by atoms with Crippen molar-refractivity contribution in [2.24, 2.45) is 7.05 Å². The lowest BCUT2D eigenvalue weighted by Crippen LogP contribution is -2.20. The highest BCUT2D eigenvalue weighted by molar-refractivity contribution is 7.19. The summed E-state index contributed by atoms with van der Waals surface area (Å²) in [5, 5.41) is 8.05. The number of nitrogens with zero attached hydrogens (tertiary/aromatic N) is 2. The zero-order chi connectivity index (χ0) is 21.5. The van der Waals surface area contributed by atoms with Crippen molar-refractivity contribution < 1.29 is 31.1 Å². The lowest BCUT2D eigenvalue weighted by atomic mass is 10.2. The molecule has 2 N–H and O–H groups in total. The van der Waals surface area contributed by atoms with E-state index in [0.717, 1.165) is 29.0 Å². The molecule has 2 heterocycles. The number of alkyl halides is 3. The Labute approximate surface area is 164 Å². The van der Waals surface area contributed by atoms with Crippen molar-refractivity contribution in [2.45, 2.75) is 13.1 Å². The van der Waals surface area contributed by atoms with Crippen molar-refractivity contribution in [3.63, 3.8) is 0 Å². The predicted octanol–water partition coefficient (Wildman–Crippen LogP) is 5.54. The second kappa shape index (κ2) is 7.43. The zero-order valence-corrected chi connectivity index (χ0v) is 15.6. The molecule has 0 unspecified atom stereocenters. The van der Waals surface area contributed by atoms with Gasteiger partial charge in [0.15, 0.2) is 23.1 Å². The maximum Gasteiger partial charge on any atom is 0.435 e. The Bertz CT molecular complexity index is 1090. The number of carbonyl (C=O) groups is 1. The molecule has 0 aliphatic carbocycles. The van der Waals surface area contributed by atoms with Crippen molar-refractivity contribution in [3.05, 3.63) is 53.0 Å². The van der Waals surface area contributed by atoms with Gasteiger partial charge in [0.05, 0.1) is 21.3 Å². The first-order chi connectivity index (χ1) is 13.5. The van der Waals surface area contributed by atoms with E-state index in [2.05, 4.69) is 15.7 Å². The van der Waals surface area contributed by atoms with Gasteiger partial charge in [-0.2, -0.15) is 18.3 Å². The molecule has 2 amide bonds. The van der Waals surface area contributed by atoms with Gasteiger partial charge in [0, 0.05) is 18.7 Å². The summed E-state index contributed by atoms with van der Waals surface area (Å²) in [6.45, 7) is 1.02. The lowest BCUT2D eigenvalue weighted by molar-refractivity contribution is -0.141. The van der Waals surface area contributed by atoms with E-state index in [1.165, 1.54) is 19.2 Å². The normalized spacial score (nSPS) is 11.6. The van der Waals surface area contributed by atoms with E-state index in [0.29, 0.717) is 10.9 Å². The summed E-state index contributed by atoms with van der Waals surface area (Å²) >= 11 is 0.948. The molecule has 0 atom stereocenters. The maximum atomic E-state index is 14.0. The van der Waals surface area contributed by atoms with Crippen LogP contribution in [0.4, 0.5) is 41.8 Å². The number of benzene rings is 1. The lowest BCUT2D eigenvalue weighted by Gasteiger charge is -2.10. The van der Waals surface area contributed by atoms with Crippen LogP contribution in [0.3, 0.4) is 0 Å². The van der Waals surface area contributed by atoms with Crippen LogP contribution in [0.1, 0.15) is 11.3 Å². The van der Waals surface area contributed by atoms with Gasteiger partial charge in [-0.1, -0.05) is 0 Å². The van der Waals surface area contributed by atoms with Crippen LogP contribution in [0.25, 0.3) is 10.6 Å². The molecule has 2 aromatic heterocycles. The monoisotopic (exact) mass is 434 g/mol. The number of anilines is 2. The van der Waals surface area contributed by atoms with Gasteiger partial charge in [0.25, 0.3) is 0 Å². The van der Waals surface area contributed by atoms with Crippen molar-refractivity contribution in [2.75, 3.05) is 10.6 Å². The third-order valence-electron chi connectivity index (χ3n) is 3.89. The van der Waals surface area contributed by atoms with Crippen molar-refractivity contribution in [1.82, 2.24) is 9.78 Å². The van der Waals surface area contributed by atoms with E-state index in [1.54, 1.807) is 0 Å². The number of thiophene rings is 1. The Balaban J connectivity index is 1.76. The second-order valence-electron chi connectivity index (χ2n) is 5.94. The molecule has 0 aliphatic rings. The van der Waals surface area contributed by atoms with Crippen LogP contribution >= 0.6 is 11.3 Å². The number of halogens is 6. The Hall–Kier alpha value is -3.02. The van der Waals surface area contributed by atoms with Gasteiger partial charge in [-0.15, -0.1) is 11.3 Å². The number of urea groups is 1. The summed E-state index contributed by atoms with van der Waals surface area (Å²) in [6, 6.07) is 3.33. The van der Waals surface area contributed by atoms with Gasteiger partial charge in [0.1, 0.15) is 0 Å². The van der Waals surface area contributed by atoms with E-state index >= 15 is 0 Å². The summed E-state index contributed by atoms with van der Waals surface area (Å²) in [5.74, 6) is -3.81. The first-order valence-electron chi connectivity index (χ1n) is 7.91. The molecule has 0 saturated heterocycles. The largest absolute Gasteiger partial charge is 0.435 e. The summed E-state index contributed by atoms with van der Waals surface area (Å²) in [6.07, 6.45) is -4.60. The van der Waals surface area contributed by atoms with Gasteiger partial charge in [-0.3, -0.25) is 10.00 Å². The molecule has 3 rings (SSSR count). The minimum Gasteiger partial charge on any atom is -0.305 e. The van der Waals surface area contributed by atoms with Crippen LogP contribution in [0.5, 0.6) is 0 Å². The summed E-state index contributed by atoms with van der Waals surface area (Å²) < 4.78 is 80.1. The fourth-order valence-electron chi connectivity index (χ4n) is 2.47. The quantitative estimate of drug-likeness (QED) is 0.420. The molecule has 0 spiro atoms. The maximum absolute atomic E-state index is 14.0. The van der Waals surface area contributed by atoms with E-state index in [-0.39, 0.29) is 10.7 Å². The van der Waals surface area contributed by atoms with E-state index < -0.39 is 46.6 Å². The molecule has 0 aliphatic heterocycles. The van der Waals surface area contributed by atoms with Crippen LogP contribution in [0, 0.1) is 24.4 Å². The van der Waals surface area contributed by atoms with E-state index in [9.17, 15) is 31.1 Å². The summed E-state index contributed by atoms with van der Waals surface area (Å²) in [7, 11) is 1.35. The van der Waals surface area contributed by atoms with Gasteiger partial charge >= 0.3 is 12.2 Å². The average Bonchev–Trinajstić information content (AvgIpc) is 3.23. The molecule has 0 radical (unpaired) electrons. The van der Waals surface area contributed by atoms with E-state index in [1.807, 2.05) is 0 Å². The molecule has 5 nitrogen and oxygen atoms in total. The van der Waals surface area contributed by atoms with Crippen LogP contribution in [-0.2, 0) is 13.2 Å². The van der Waals surface area contributed by atoms with Crippen LogP contribution in [-0.4, -0.2) is 15.8 Å². The third kappa shape index (κ3) is 4.21. The average molecular weight is 434 g/mol. The molecule has 154 valence electrons. The molecule has 0 fully saturated rings. The number of rotatable bonds is 3. The molecule has 0 bridgehead atoms. The minimum atomic E-state index is -4.60. The van der Waals surface area contributed by atoms with Crippen molar-refractivity contribution >= 4 is 28.1 Å². The highest BCUT2D eigenvalue weighted by Crippen LogP contribution is 2.35. The van der Waals surface area contributed by atoms with Crippen LogP contribution < -0.4 is 10.6 Å². The molecular formula is C17H12F6N4OS. The van der Waals surface area contributed by atoms with Gasteiger partial charge < -0.3 is 5.32 Å². The fraction of sp³-hybridized carbons (Fsp3) is 0.176. The standard InChI is InChI=1S/C17H12F6N4OS/c1-7-14(19)8(18)5-9(15(7)20)24-16(28)25-13-4-3-11(29-13)10-6-12(17(21,22)23)26-27(10)2/h3-6H,1-2H3,(H2,24,25,28). The predicted molar refractivity (Wildman–Crippen MR) is 95.2 cm³/mol. The van der Waals surface area contributed by atoms with Gasteiger partial charge in [-0.05, 0) is 25.1 Å². The number of aryl methyl sites for hydroxylation is 1. The molecular weight excluding hydrogens is 422 g/mol. The number of carbonyl (C=O) groups excluding carboxylic acids is 1. The molecule has 0 saturated carbocycles. The van der Waals surface area contributed by atoms with Gasteiger partial charge in [0.2, 0.25) is 0 Å². The van der Waals surface area contributed by atoms with Crippen LogP contribution in [0.15, 0.2) is 24.3 Å². The van der Waals surface area contributed by atoms with E-state index in [4.69, 9.17) is 0 Å². The third-order valence-corrected chi connectivity index (χ3v) is 4.91. The fourth-order valence-corrected chi connectivity index (χ4v) is 3.41. The first-order valence-corrected chi connectivity index (χ1v) is 8.72. The first kappa shape index (κ1) is 20.7. The molecule has 1 aromatic carbocycles. The number of aromatic nitrogens is 2. The Morgan fingerprint density at radius 3 is 2.41 bits per heavy atom. The topological polar surface area (TPSA) is 59.0 Å². The highest BCUT2D eigenvalue weighted by atomic mass is 32.1. The van der Waals surface area contributed by atoms with Crippen LogP contribution in [0.2, 0.25) is 0 Å². The van der Waals surface area contributed by atoms with Gasteiger partial charge in [-0.25, -0.2) is 18.0 Å². The zero-order valence-electron chi connectivity index (χ0n) is 14.8. The number of nitrogens with one attached hydrogen (secondary N) is 2. The number of amides is 2. The molecule has 29 heavy (non-hydrogen) atoms. The van der Waals surface area contributed by atoms with Crippen molar-refractivity contribution in [3.8, 4) is 10.6 Å². The number of hydrogen-bond acceptors (Lipinski definition) is 3. The highest BCUT2D eigenvalue weighted by Gasteiger charge is 2.34. The minimum absolute atomic E-state index is 0.179. The Morgan fingerprint density at radius 2 is 1.79 bits per heavy atom. The molecule has 12 heteroatoms. The summed E-state index contributed by atoms with van der Waals surface area (Å²) in [5.41, 5.74) is -2.02. The SMILES string of the molecule is Cc1c(F)c(F)cc(NC(=O)Nc2ccc(-c3cc(C(F)(F)F)nn3C)s2)c1F. The summed E-state index contributed by atoms with van der Waals surface area (Å²) in [4.78, 5) is 12.4. The Morgan fingerprint density at radius 1 is 1.10 bits per heavy atom.